The van der Waals surface area contributed by atoms with Gasteiger partial charge in [-0.3, -0.25) is 4.79 Å². The zero-order chi connectivity index (χ0) is 18.8. The summed E-state index contributed by atoms with van der Waals surface area (Å²) in [5.41, 5.74) is 1.72. The lowest BCUT2D eigenvalue weighted by molar-refractivity contribution is 0.102. The van der Waals surface area contributed by atoms with Gasteiger partial charge in [-0.1, -0.05) is 73.6 Å². The van der Waals surface area contributed by atoms with E-state index in [0.717, 1.165) is 48.5 Å². The standard InChI is InChI=1S/C23H29NOS/c1-4-7-18-21(22(25)19-14-10-8-11-15-19)23(24(5-2)6-3)26-20-16-12-9-13-17-20/h8-17H,4-7,18H2,1-3H3/b23-21+. The van der Waals surface area contributed by atoms with Gasteiger partial charge in [-0.2, -0.15) is 0 Å². The third kappa shape index (κ3) is 5.50. The van der Waals surface area contributed by atoms with Crippen LogP contribution < -0.4 is 0 Å². The number of Topliss-reactive ketones (excluding diaryl/α,β-unsaturated/α-hetero) is 1. The zero-order valence-corrected chi connectivity index (χ0v) is 16.9. The van der Waals surface area contributed by atoms with Gasteiger partial charge in [0.25, 0.3) is 0 Å². The van der Waals surface area contributed by atoms with Gasteiger partial charge < -0.3 is 4.90 Å². The number of rotatable bonds is 10. The van der Waals surface area contributed by atoms with Gasteiger partial charge in [-0.15, -0.1) is 0 Å². The molecule has 2 aromatic rings. The van der Waals surface area contributed by atoms with Crippen molar-refractivity contribution in [1.82, 2.24) is 4.90 Å². The topological polar surface area (TPSA) is 20.3 Å². The van der Waals surface area contributed by atoms with Crippen molar-refractivity contribution >= 4 is 17.5 Å². The first-order valence-electron chi connectivity index (χ1n) is 9.51. The summed E-state index contributed by atoms with van der Waals surface area (Å²) >= 11 is 1.71. The third-order valence-corrected chi connectivity index (χ3v) is 5.56. The van der Waals surface area contributed by atoms with Crippen LogP contribution in [0.3, 0.4) is 0 Å². The number of carbonyl (C=O) groups is 1. The van der Waals surface area contributed by atoms with Crippen molar-refractivity contribution in [2.75, 3.05) is 13.1 Å². The number of carbonyl (C=O) groups excluding carboxylic acids is 1. The Bertz CT molecular complexity index is 706. The second kappa shape index (κ2) is 10.9. The lowest BCUT2D eigenvalue weighted by Gasteiger charge is -2.27. The highest BCUT2D eigenvalue weighted by Crippen LogP contribution is 2.34. The molecule has 0 aliphatic carbocycles. The fourth-order valence-corrected chi connectivity index (χ4v) is 4.08. The van der Waals surface area contributed by atoms with Crippen LogP contribution in [0.1, 0.15) is 50.4 Å². The first kappa shape index (κ1) is 20.3. The second-order valence-corrected chi connectivity index (χ2v) is 7.23. The van der Waals surface area contributed by atoms with E-state index in [1.807, 2.05) is 48.5 Å². The number of nitrogens with zero attached hydrogens (tertiary/aromatic N) is 1. The molecule has 2 nitrogen and oxygen atoms in total. The van der Waals surface area contributed by atoms with E-state index in [9.17, 15) is 4.79 Å². The number of hydrogen-bond acceptors (Lipinski definition) is 3. The Labute approximate surface area is 162 Å². The van der Waals surface area contributed by atoms with E-state index in [0.29, 0.717) is 0 Å². The molecule has 0 amide bonds. The molecule has 0 unspecified atom stereocenters. The Balaban J connectivity index is 2.51. The highest BCUT2D eigenvalue weighted by atomic mass is 32.2. The van der Waals surface area contributed by atoms with Gasteiger partial charge in [0.2, 0.25) is 0 Å². The summed E-state index contributed by atoms with van der Waals surface area (Å²) in [5, 5.41) is 1.10. The number of hydrogen-bond donors (Lipinski definition) is 0. The van der Waals surface area contributed by atoms with Crippen LogP contribution in [0.25, 0.3) is 0 Å². The van der Waals surface area contributed by atoms with E-state index in [-0.39, 0.29) is 5.78 Å². The average molecular weight is 368 g/mol. The predicted molar refractivity (Wildman–Crippen MR) is 113 cm³/mol. The van der Waals surface area contributed by atoms with Crippen molar-refractivity contribution in [1.29, 1.82) is 0 Å². The fraction of sp³-hybridized carbons (Fsp3) is 0.348. The highest BCUT2D eigenvalue weighted by Gasteiger charge is 2.21. The Kier molecular flexibility index (Phi) is 8.49. The molecule has 0 aromatic heterocycles. The van der Waals surface area contributed by atoms with Gasteiger partial charge in [0.15, 0.2) is 5.78 Å². The normalized spacial score (nSPS) is 11.8. The maximum absolute atomic E-state index is 13.3. The SMILES string of the molecule is CCCC/C(C(=O)c1ccccc1)=C(\Sc1ccccc1)N(CC)CC. The molecule has 0 saturated carbocycles. The third-order valence-electron chi connectivity index (χ3n) is 4.36. The van der Waals surface area contributed by atoms with E-state index in [4.69, 9.17) is 0 Å². The summed E-state index contributed by atoms with van der Waals surface area (Å²) in [4.78, 5) is 16.8. The minimum absolute atomic E-state index is 0.157. The summed E-state index contributed by atoms with van der Waals surface area (Å²) < 4.78 is 0. The highest BCUT2D eigenvalue weighted by molar-refractivity contribution is 8.03. The van der Waals surface area contributed by atoms with E-state index >= 15 is 0 Å². The zero-order valence-electron chi connectivity index (χ0n) is 16.1. The predicted octanol–water partition coefficient (Wildman–Crippen LogP) is 6.41. The molecule has 0 saturated heterocycles. The molecule has 0 fully saturated rings. The minimum atomic E-state index is 0.157. The van der Waals surface area contributed by atoms with Gasteiger partial charge in [-0.25, -0.2) is 0 Å². The number of ketones is 1. The van der Waals surface area contributed by atoms with Gasteiger partial charge >= 0.3 is 0 Å². The largest absolute Gasteiger partial charge is 0.366 e. The Hall–Kier alpha value is -2.00. The van der Waals surface area contributed by atoms with E-state index in [1.54, 1.807) is 11.8 Å². The molecule has 26 heavy (non-hydrogen) atoms. The number of allylic oxidation sites excluding steroid dienone is 1. The molecule has 0 spiro atoms. The number of unbranched alkanes of at least 4 members (excludes halogenated alkanes) is 1. The summed E-state index contributed by atoms with van der Waals surface area (Å²) in [6.45, 7) is 8.26. The van der Waals surface area contributed by atoms with Crippen LogP contribution in [-0.2, 0) is 0 Å². The molecule has 138 valence electrons. The molecule has 0 bridgehead atoms. The van der Waals surface area contributed by atoms with Gasteiger partial charge in [0.05, 0.1) is 5.03 Å². The van der Waals surface area contributed by atoms with Gasteiger partial charge in [0, 0.05) is 29.1 Å². The van der Waals surface area contributed by atoms with Crippen LogP contribution in [0, 0.1) is 0 Å². The van der Waals surface area contributed by atoms with Crippen molar-refractivity contribution in [3.8, 4) is 0 Å². The average Bonchev–Trinajstić information content (AvgIpc) is 2.70. The molecule has 0 radical (unpaired) electrons. The molecular weight excluding hydrogens is 338 g/mol. The van der Waals surface area contributed by atoms with Crippen LogP contribution in [-0.4, -0.2) is 23.8 Å². The summed E-state index contributed by atoms with van der Waals surface area (Å²) in [6.07, 6.45) is 2.91. The Morgan fingerprint density at radius 3 is 2.00 bits per heavy atom. The first-order chi connectivity index (χ1) is 12.7. The first-order valence-corrected chi connectivity index (χ1v) is 10.3. The Morgan fingerprint density at radius 2 is 1.46 bits per heavy atom. The quantitative estimate of drug-likeness (QED) is 0.275. The maximum atomic E-state index is 13.3. The van der Waals surface area contributed by atoms with Crippen LogP contribution >= 0.6 is 11.8 Å². The van der Waals surface area contributed by atoms with Crippen molar-refractivity contribution in [3.05, 3.63) is 76.8 Å². The second-order valence-electron chi connectivity index (χ2n) is 6.17. The van der Waals surface area contributed by atoms with Crippen molar-refractivity contribution < 1.29 is 4.79 Å². The molecule has 3 heteroatoms. The molecule has 0 atom stereocenters. The summed E-state index contributed by atoms with van der Waals surface area (Å²) in [7, 11) is 0. The molecule has 0 aliphatic rings. The van der Waals surface area contributed by atoms with Gasteiger partial charge in [-0.05, 0) is 38.8 Å². The van der Waals surface area contributed by atoms with Crippen LogP contribution in [0.15, 0.2) is 76.2 Å². The monoisotopic (exact) mass is 367 g/mol. The lowest BCUT2D eigenvalue weighted by atomic mass is 9.99. The van der Waals surface area contributed by atoms with E-state index in [2.05, 4.69) is 37.8 Å². The molecular formula is C23H29NOS. The molecule has 0 aliphatic heterocycles. The fourth-order valence-electron chi connectivity index (χ4n) is 2.86. The Morgan fingerprint density at radius 1 is 0.885 bits per heavy atom. The summed E-state index contributed by atoms with van der Waals surface area (Å²) in [6, 6.07) is 20.0. The van der Waals surface area contributed by atoms with Crippen LogP contribution in [0.2, 0.25) is 0 Å². The smallest absolute Gasteiger partial charge is 0.191 e. The van der Waals surface area contributed by atoms with Crippen LogP contribution in [0.4, 0.5) is 0 Å². The lowest BCUT2D eigenvalue weighted by Crippen LogP contribution is -2.24. The number of thioether (sulfide) groups is 1. The van der Waals surface area contributed by atoms with Crippen molar-refractivity contribution in [3.63, 3.8) is 0 Å². The summed E-state index contributed by atoms with van der Waals surface area (Å²) in [5.74, 6) is 0.157. The van der Waals surface area contributed by atoms with Crippen LogP contribution in [0.5, 0.6) is 0 Å². The van der Waals surface area contributed by atoms with E-state index < -0.39 is 0 Å². The van der Waals surface area contributed by atoms with E-state index in [1.165, 1.54) is 4.90 Å². The van der Waals surface area contributed by atoms with Crippen molar-refractivity contribution in [2.24, 2.45) is 0 Å². The molecule has 2 rings (SSSR count). The maximum Gasteiger partial charge on any atom is 0.191 e. The number of benzene rings is 2. The van der Waals surface area contributed by atoms with Crippen molar-refractivity contribution in [2.45, 2.75) is 44.9 Å². The van der Waals surface area contributed by atoms with Gasteiger partial charge in [0.1, 0.15) is 0 Å². The minimum Gasteiger partial charge on any atom is -0.366 e. The molecule has 0 N–H and O–H groups in total. The molecule has 0 heterocycles. The molecule has 2 aromatic carbocycles.